The number of ketones is 1. The van der Waals surface area contributed by atoms with Crippen LogP contribution in [0.4, 0.5) is 4.39 Å². The van der Waals surface area contributed by atoms with Gasteiger partial charge >= 0.3 is 5.97 Å². The van der Waals surface area contributed by atoms with Gasteiger partial charge in [0.1, 0.15) is 23.3 Å². The summed E-state index contributed by atoms with van der Waals surface area (Å²) in [7, 11) is 0. The van der Waals surface area contributed by atoms with E-state index >= 15 is 0 Å². The van der Waals surface area contributed by atoms with E-state index in [0.29, 0.717) is 5.56 Å². The Morgan fingerprint density at radius 1 is 1.41 bits per heavy atom. The number of benzene rings is 1. The Labute approximate surface area is 132 Å². The van der Waals surface area contributed by atoms with Crippen LogP contribution in [0.5, 0.6) is 0 Å². The highest BCUT2D eigenvalue weighted by atomic mass is 35.5. The van der Waals surface area contributed by atoms with Crippen LogP contribution in [0, 0.1) is 11.7 Å². The molecular formula is C16H16ClFO4. The van der Waals surface area contributed by atoms with Crippen LogP contribution in [0.1, 0.15) is 26.3 Å². The third-order valence-electron chi connectivity index (χ3n) is 3.56. The Bertz CT molecular complexity index is 654. The summed E-state index contributed by atoms with van der Waals surface area (Å²) in [5, 5.41) is -0.115. The van der Waals surface area contributed by atoms with Crippen LogP contribution in [-0.4, -0.2) is 24.5 Å². The molecule has 0 fully saturated rings. The number of esters is 1. The highest BCUT2D eigenvalue weighted by Gasteiger charge is 2.38. The molecule has 2 atom stereocenters. The van der Waals surface area contributed by atoms with Gasteiger partial charge in [-0.05, 0) is 32.0 Å². The molecule has 0 spiro atoms. The fourth-order valence-electron chi connectivity index (χ4n) is 2.15. The van der Waals surface area contributed by atoms with Crippen molar-refractivity contribution >= 4 is 29.1 Å². The maximum Gasteiger partial charge on any atom is 0.345 e. The maximum atomic E-state index is 13.3. The number of Topliss-reactive ketones (excluding diaryl/α,β-unsaturated/α-hetero) is 1. The van der Waals surface area contributed by atoms with Gasteiger partial charge in [0.05, 0.1) is 17.5 Å². The Hall–Kier alpha value is -1.88. The molecule has 6 heteroatoms. The van der Waals surface area contributed by atoms with E-state index in [9.17, 15) is 14.0 Å². The Kier molecular flexibility index (Phi) is 4.86. The quantitative estimate of drug-likeness (QED) is 0.631. The third-order valence-corrected chi connectivity index (χ3v) is 3.85. The summed E-state index contributed by atoms with van der Waals surface area (Å²) in [6, 6.07) is 3.89. The van der Waals surface area contributed by atoms with Crippen molar-refractivity contribution in [1.82, 2.24) is 0 Å². The fraction of sp³-hybridized carbons (Fsp3) is 0.375. The molecule has 0 N–H and O–H groups in total. The molecule has 2 rings (SSSR count). The summed E-state index contributed by atoms with van der Waals surface area (Å²) in [6.07, 6.45) is -0.412. The van der Waals surface area contributed by atoms with Crippen LogP contribution in [0.25, 0.3) is 5.76 Å². The van der Waals surface area contributed by atoms with E-state index in [2.05, 4.69) is 0 Å². The standard InChI is InChI=1S/C16H16ClFO4/c1-4-21-16(20)13-14(19)8(2)9(3)22-15(13)10-5-6-12(18)11(17)7-10/h5-9H,4H2,1-3H3. The Morgan fingerprint density at radius 3 is 2.68 bits per heavy atom. The van der Waals surface area contributed by atoms with Crippen molar-refractivity contribution < 1.29 is 23.5 Å². The SMILES string of the molecule is CCOC(=O)C1=C(c2ccc(F)c(Cl)c2)OC(C)C(C)C1=O. The molecular weight excluding hydrogens is 311 g/mol. The van der Waals surface area contributed by atoms with E-state index in [0.717, 1.165) is 6.07 Å². The van der Waals surface area contributed by atoms with E-state index in [-0.39, 0.29) is 28.7 Å². The van der Waals surface area contributed by atoms with E-state index in [1.807, 2.05) is 0 Å². The molecule has 4 nitrogen and oxygen atoms in total. The molecule has 0 saturated carbocycles. The summed E-state index contributed by atoms with van der Waals surface area (Å²) < 4.78 is 24.0. The Morgan fingerprint density at radius 2 is 2.09 bits per heavy atom. The second-order valence-electron chi connectivity index (χ2n) is 5.03. The molecule has 0 radical (unpaired) electrons. The number of rotatable bonds is 3. The topological polar surface area (TPSA) is 52.6 Å². The first-order valence-electron chi connectivity index (χ1n) is 6.94. The monoisotopic (exact) mass is 326 g/mol. The molecule has 1 aliphatic rings. The summed E-state index contributed by atoms with van der Waals surface area (Å²) >= 11 is 5.77. The van der Waals surface area contributed by atoms with Crippen molar-refractivity contribution in [1.29, 1.82) is 0 Å². The van der Waals surface area contributed by atoms with Crippen molar-refractivity contribution in [2.45, 2.75) is 26.9 Å². The zero-order chi connectivity index (χ0) is 16.4. The lowest BCUT2D eigenvalue weighted by molar-refractivity contribution is -0.141. The van der Waals surface area contributed by atoms with Crippen LogP contribution >= 0.6 is 11.6 Å². The Balaban J connectivity index is 2.60. The molecule has 0 amide bonds. The average molecular weight is 327 g/mol. The minimum atomic E-state index is -0.748. The van der Waals surface area contributed by atoms with Gasteiger partial charge in [0, 0.05) is 5.56 Å². The molecule has 118 valence electrons. The van der Waals surface area contributed by atoms with Gasteiger partial charge in [-0.25, -0.2) is 9.18 Å². The first kappa shape index (κ1) is 16.5. The molecule has 0 bridgehead atoms. The summed E-state index contributed by atoms with van der Waals surface area (Å²) in [6.45, 7) is 5.19. The predicted octanol–water partition coefficient (Wildman–Crippen LogP) is 3.38. The van der Waals surface area contributed by atoms with Crippen molar-refractivity contribution in [2.75, 3.05) is 6.61 Å². The lowest BCUT2D eigenvalue weighted by Crippen LogP contribution is -2.35. The second-order valence-corrected chi connectivity index (χ2v) is 5.44. The van der Waals surface area contributed by atoms with Gasteiger partial charge in [-0.3, -0.25) is 4.79 Å². The molecule has 1 aliphatic heterocycles. The van der Waals surface area contributed by atoms with Crippen LogP contribution in [-0.2, 0) is 19.1 Å². The summed E-state index contributed by atoms with van der Waals surface area (Å²) in [4.78, 5) is 24.6. The van der Waals surface area contributed by atoms with Crippen LogP contribution in [0.15, 0.2) is 23.8 Å². The molecule has 1 aromatic rings. The molecule has 1 heterocycles. The summed E-state index contributed by atoms with van der Waals surface area (Å²) in [5.74, 6) is -2.09. The minimum absolute atomic E-state index is 0.0796. The van der Waals surface area contributed by atoms with Crippen LogP contribution in [0.2, 0.25) is 5.02 Å². The number of halogens is 2. The maximum absolute atomic E-state index is 13.3. The summed E-state index contributed by atoms with van der Waals surface area (Å²) in [5.41, 5.74) is 0.205. The molecule has 0 aliphatic carbocycles. The molecule has 22 heavy (non-hydrogen) atoms. The van der Waals surface area contributed by atoms with Crippen LogP contribution in [0.3, 0.4) is 0 Å². The minimum Gasteiger partial charge on any atom is -0.488 e. The lowest BCUT2D eigenvalue weighted by atomic mass is 9.89. The molecule has 0 aromatic heterocycles. The fourth-order valence-corrected chi connectivity index (χ4v) is 2.33. The first-order valence-corrected chi connectivity index (χ1v) is 7.32. The normalized spacial score (nSPS) is 21.6. The third kappa shape index (κ3) is 2.99. The highest BCUT2D eigenvalue weighted by Crippen LogP contribution is 2.34. The van der Waals surface area contributed by atoms with Crippen LogP contribution < -0.4 is 0 Å². The van der Waals surface area contributed by atoms with E-state index < -0.39 is 23.8 Å². The van der Waals surface area contributed by atoms with Gasteiger partial charge in [0.15, 0.2) is 5.78 Å². The van der Waals surface area contributed by atoms with Gasteiger partial charge in [-0.1, -0.05) is 18.5 Å². The smallest absolute Gasteiger partial charge is 0.345 e. The van der Waals surface area contributed by atoms with Gasteiger partial charge in [0.25, 0.3) is 0 Å². The van der Waals surface area contributed by atoms with E-state index in [1.54, 1.807) is 20.8 Å². The number of carbonyl (C=O) groups is 2. The first-order chi connectivity index (χ1) is 10.4. The molecule has 2 unspecified atom stereocenters. The second kappa shape index (κ2) is 6.48. The largest absolute Gasteiger partial charge is 0.488 e. The molecule has 1 aromatic carbocycles. The predicted molar refractivity (Wildman–Crippen MR) is 79.7 cm³/mol. The van der Waals surface area contributed by atoms with Gasteiger partial charge in [0.2, 0.25) is 0 Å². The van der Waals surface area contributed by atoms with Gasteiger partial charge in [-0.15, -0.1) is 0 Å². The van der Waals surface area contributed by atoms with Crippen molar-refractivity contribution in [3.8, 4) is 0 Å². The zero-order valence-electron chi connectivity index (χ0n) is 12.5. The molecule has 0 saturated heterocycles. The van der Waals surface area contributed by atoms with E-state index in [4.69, 9.17) is 21.1 Å². The number of hydrogen-bond acceptors (Lipinski definition) is 4. The number of hydrogen-bond donors (Lipinski definition) is 0. The number of ether oxygens (including phenoxy) is 2. The van der Waals surface area contributed by atoms with Gasteiger partial charge in [-0.2, -0.15) is 0 Å². The van der Waals surface area contributed by atoms with Gasteiger partial charge < -0.3 is 9.47 Å². The number of carbonyl (C=O) groups excluding carboxylic acids is 2. The van der Waals surface area contributed by atoms with Crippen molar-refractivity contribution in [2.24, 2.45) is 5.92 Å². The van der Waals surface area contributed by atoms with E-state index in [1.165, 1.54) is 12.1 Å². The highest BCUT2D eigenvalue weighted by molar-refractivity contribution is 6.31. The lowest BCUT2D eigenvalue weighted by Gasteiger charge is -2.29. The van der Waals surface area contributed by atoms with Crippen molar-refractivity contribution in [3.05, 3.63) is 40.2 Å². The zero-order valence-corrected chi connectivity index (χ0v) is 13.2. The average Bonchev–Trinajstić information content (AvgIpc) is 2.47. The van der Waals surface area contributed by atoms with Crippen molar-refractivity contribution in [3.63, 3.8) is 0 Å².